The van der Waals surface area contributed by atoms with Crippen LogP contribution in [0, 0.1) is 5.92 Å². The Bertz CT molecular complexity index is 583. The summed E-state index contributed by atoms with van der Waals surface area (Å²) in [6.45, 7) is 1.83. The van der Waals surface area contributed by atoms with Crippen LogP contribution in [0.4, 0.5) is 18.9 Å². The topological polar surface area (TPSA) is 74.0 Å². The summed E-state index contributed by atoms with van der Waals surface area (Å²) in [6.07, 6.45) is -1.15. The summed E-state index contributed by atoms with van der Waals surface area (Å²) in [5.41, 5.74) is -2.12. The number of hydrogen-bond acceptors (Lipinski definition) is 3. The SMILES string of the molecule is Cl.O=C(CCC1CCNCC1)Nc1cc(C(F)(F)F)c[nH]c1=O. The van der Waals surface area contributed by atoms with E-state index in [1.54, 1.807) is 0 Å². The molecule has 1 aromatic heterocycles. The van der Waals surface area contributed by atoms with Crippen LogP contribution in [0.25, 0.3) is 0 Å². The van der Waals surface area contributed by atoms with E-state index in [-0.39, 0.29) is 24.5 Å². The van der Waals surface area contributed by atoms with E-state index in [1.807, 2.05) is 4.98 Å². The highest BCUT2D eigenvalue weighted by atomic mass is 35.5. The van der Waals surface area contributed by atoms with Gasteiger partial charge in [-0.05, 0) is 44.3 Å². The van der Waals surface area contributed by atoms with E-state index in [9.17, 15) is 22.8 Å². The minimum atomic E-state index is -4.57. The average molecular weight is 354 g/mol. The number of alkyl halides is 3. The fourth-order valence-corrected chi connectivity index (χ4v) is 2.46. The summed E-state index contributed by atoms with van der Waals surface area (Å²) < 4.78 is 37.8. The van der Waals surface area contributed by atoms with Gasteiger partial charge in [0.25, 0.3) is 5.56 Å². The molecule has 2 rings (SSSR count). The molecule has 1 aliphatic heterocycles. The first-order chi connectivity index (χ1) is 10.4. The molecule has 0 saturated carbocycles. The van der Waals surface area contributed by atoms with Crippen molar-refractivity contribution in [3.8, 4) is 0 Å². The highest BCUT2D eigenvalue weighted by Crippen LogP contribution is 2.29. The molecule has 0 unspecified atom stereocenters. The summed E-state index contributed by atoms with van der Waals surface area (Å²) in [7, 11) is 0. The highest BCUT2D eigenvalue weighted by Gasteiger charge is 2.31. The van der Waals surface area contributed by atoms with Gasteiger partial charge in [0, 0.05) is 12.6 Å². The standard InChI is InChI=1S/C14H18F3N3O2.ClH/c15-14(16,17)10-7-11(13(22)19-8-10)20-12(21)2-1-9-3-5-18-6-4-9;/h7-9,18H,1-6H2,(H,19,22)(H,20,21);1H. The lowest BCUT2D eigenvalue weighted by Crippen LogP contribution is -2.28. The van der Waals surface area contributed by atoms with Crippen molar-refractivity contribution in [2.24, 2.45) is 5.92 Å². The van der Waals surface area contributed by atoms with Crippen LogP contribution in [0.3, 0.4) is 0 Å². The number of carbonyl (C=O) groups is 1. The lowest BCUT2D eigenvalue weighted by atomic mass is 9.93. The van der Waals surface area contributed by atoms with Crippen LogP contribution in [0.2, 0.25) is 0 Å². The van der Waals surface area contributed by atoms with Crippen molar-refractivity contribution in [3.63, 3.8) is 0 Å². The van der Waals surface area contributed by atoms with Crippen LogP contribution in [0.15, 0.2) is 17.1 Å². The minimum absolute atomic E-state index is 0. The van der Waals surface area contributed by atoms with Crippen molar-refractivity contribution < 1.29 is 18.0 Å². The van der Waals surface area contributed by atoms with Crippen LogP contribution >= 0.6 is 12.4 Å². The number of rotatable bonds is 4. The third-order valence-corrected chi connectivity index (χ3v) is 3.74. The summed E-state index contributed by atoms with van der Waals surface area (Å²) in [5.74, 6) is -0.00449. The molecule has 0 spiro atoms. The number of piperidine rings is 1. The molecule has 1 aliphatic rings. The van der Waals surface area contributed by atoms with Gasteiger partial charge in [-0.1, -0.05) is 0 Å². The van der Waals surface area contributed by atoms with Crippen molar-refractivity contribution in [2.45, 2.75) is 31.9 Å². The number of amides is 1. The van der Waals surface area contributed by atoms with Crippen LogP contribution in [-0.2, 0) is 11.0 Å². The van der Waals surface area contributed by atoms with Crippen molar-refractivity contribution in [2.75, 3.05) is 18.4 Å². The minimum Gasteiger partial charge on any atom is -0.327 e. The summed E-state index contributed by atoms with van der Waals surface area (Å²) in [5, 5.41) is 5.48. The van der Waals surface area contributed by atoms with Gasteiger partial charge < -0.3 is 15.6 Å². The number of aromatic nitrogens is 1. The Morgan fingerprint density at radius 3 is 2.57 bits per heavy atom. The number of pyridine rings is 1. The molecule has 130 valence electrons. The quantitative estimate of drug-likeness (QED) is 0.778. The zero-order chi connectivity index (χ0) is 16.2. The second-order valence-corrected chi connectivity index (χ2v) is 5.41. The average Bonchev–Trinajstić information content (AvgIpc) is 2.47. The number of anilines is 1. The molecule has 0 aliphatic carbocycles. The first-order valence-electron chi connectivity index (χ1n) is 7.17. The molecule has 0 radical (unpaired) electrons. The third kappa shape index (κ3) is 5.87. The van der Waals surface area contributed by atoms with Gasteiger partial charge in [0.15, 0.2) is 0 Å². The van der Waals surface area contributed by atoms with E-state index < -0.39 is 23.2 Å². The molecule has 1 fully saturated rings. The van der Waals surface area contributed by atoms with E-state index in [2.05, 4.69) is 10.6 Å². The molecule has 0 atom stereocenters. The Morgan fingerprint density at radius 1 is 1.30 bits per heavy atom. The van der Waals surface area contributed by atoms with Gasteiger partial charge in [0.1, 0.15) is 5.69 Å². The molecule has 3 N–H and O–H groups in total. The van der Waals surface area contributed by atoms with Crippen LogP contribution in [0.5, 0.6) is 0 Å². The molecule has 23 heavy (non-hydrogen) atoms. The molecular weight excluding hydrogens is 335 g/mol. The third-order valence-electron chi connectivity index (χ3n) is 3.74. The highest BCUT2D eigenvalue weighted by molar-refractivity contribution is 5.90. The monoisotopic (exact) mass is 353 g/mol. The predicted octanol–water partition coefficient (Wildman–Crippen LogP) is 2.53. The Balaban J connectivity index is 0.00000264. The molecule has 1 saturated heterocycles. The summed E-state index contributed by atoms with van der Waals surface area (Å²) in [6, 6.07) is 0.654. The zero-order valence-corrected chi connectivity index (χ0v) is 13.1. The largest absolute Gasteiger partial charge is 0.417 e. The molecule has 0 bridgehead atoms. The van der Waals surface area contributed by atoms with Crippen molar-refractivity contribution in [1.29, 1.82) is 0 Å². The van der Waals surface area contributed by atoms with E-state index in [4.69, 9.17) is 0 Å². The van der Waals surface area contributed by atoms with Gasteiger partial charge in [0.05, 0.1) is 5.56 Å². The van der Waals surface area contributed by atoms with Crippen molar-refractivity contribution in [1.82, 2.24) is 10.3 Å². The Morgan fingerprint density at radius 2 is 1.96 bits per heavy atom. The van der Waals surface area contributed by atoms with E-state index >= 15 is 0 Å². The Kier molecular flexibility index (Phi) is 7.08. The molecular formula is C14H19ClF3N3O2. The maximum atomic E-state index is 12.6. The first kappa shape index (κ1) is 19.5. The molecule has 9 heteroatoms. The number of aromatic amines is 1. The fraction of sp³-hybridized carbons (Fsp3) is 0.571. The number of nitrogens with one attached hydrogen (secondary N) is 3. The molecule has 1 amide bonds. The molecule has 0 aromatic carbocycles. The van der Waals surface area contributed by atoms with Gasteiger partial charge in [-0.15, -0.1) is 12.4 Å². The lowest BCUT2D eigenvalue weighted by Gasteiger charge is -2.22. The van der Waals surface area contributed by atoms with Crippen LogP contribution in [-0.4, -0.2) is 24.0 Å². The van der Waals surface area contributed by atoms with Gasteiger partial charge in [-0.2, -0.15) is 13.2 Å². The van der Waals surface area contributed by atoms with E-state index in [0.717, 1.165) is 25.9 Å². The maximum Gasteiger partial charge on any atom is 0.417 e. The fourth-order valence-electron chi connectivity index (χ4n) is 2.46. The second kappa shape index (κ2) is 8.35. The normalized spacial score (nSPS) is 15.8. The summed E-state index contributed by atoms with van der Waals surface area (Å²) in [4.78, 5) is 25.3. The van der Waals surface area contributed by atoms with Crippen LogP contribution < -0.4 is 16.2 Å². The van der Waals surface area contributed by atoms with Crippen molar-refractivity contribution >= 4 is 24.0 Å². The van der Waals surface area contributed by atoms with E-state index in [1.165, 1.54) is 0 Å². The van der Waals surface area contributed by atoms with Gasteiger partial charge in [-0.25, -0.2) is 0 Å². The van der Waals surface area contributed by atoms with Gasteiger partial charge in [0.2, 0.25) is 5.91 Å². The van der Waals surface area contributed by atoms with Gasteiger partial charge >= 0.3 is 6.18 Å². The van der Waals surface area contributed by atoms with Crippen LogP contribution in [0.1, 0.15) is 31.2 Å². The van der Waals surface area contributed by atoms with Gasteiger partial charge in [-0.3, -0.25) is 9.59 Å². The Labute approximate surface area is 137 Å². The zero-order valence-electron chi connectivity index (χ0n) is 12.3. The summed E-state index contributed by atoms with van der Waals surface area (Å²) >= 11 is 0. The number of carbonyl (C=O) groups excluding carboxylic acids is 1. The molecule has 1 aromatic rings. The first-order valence-corrected chi connectivity index (χ1v) is 7.17. The number of halogens is 4. The van der Waals surface area contributed by atoms with Crippen molar-refractivity contribution in [3.05, 3.63) is 28.2 Å². The predicted molar refractivity (Wildman–Crippen MR) is 82.8 cm³/mol. The smallest absolute Gasteiger partial charge is 0.327 e. The maximum absolute atomic E-state index is 12.6. The van der Waals surface area contributed by atoms with E-state index in [0.29, 0.717) is 24.6 Å². The Hall–Kier alpha value is -1.54. The number of hydrogen-bond donors (Lipinski definition) is 3. The second-order valence-electron chi connectivity index (χ2n) is 5.41. The molecule has 5 nitrogen and oxygen atoms in total. The molecule has 2 heterocycles. The number of H-pyrrole nitrogens is 1. The lowest BCUT2D eigenvalue weighted by molar-refractivity contribution is -0.137.